The van der Waals surface area contributed by atoms with E-state index in [-0.39, 0.29) is 0 Å². The van der Waals surface area contributed by atoms with Gasteiger partial charge in [0.1, 0.15) is 6.61 Å². The maximum atomic E-state index is 11.8. The van der Waals surface area contributed by atoms with Gasteiger partial charge in [0.15, 0.2) is 0 Å². The molecule has 2 nitrogen and oxygen atoms in total. The van der Waals surface area contributed by atoms with Crippen molar-refractivity contribution in [3.8, 4) is 0 Å². The Morgan fingerprint density at radius 2 is 1.93 bits per heavy atom. The quantitative estimate of drug-likeness (QED) is 0.607. The normalized spacial score (nSPS) is 13.8. The number of hydrogen-bond acceptors (Lipinski definition) is 2. The monoisotopic (exact) mass is 223 g/mol. The first-order valence-corrected chi connectivity index (χ1v) is 5.67. The van der Waals surface area contributed by atoms with Crippen LogP contribution in [0, 0.1) is 5.92 Å². The first kappa shape index (κ1) is 14.8. The van der Waals surface area contributed by atoms with Crippen LogP contribution in [0.5, 0.6) is 0 Å². The Labute approximate surface area is 91.4 Å². The summed E-state index contributed by atoms with van der Waals surface area (Å²) in [6, 6.07) is 0.364. The van der Waals surface area contributed by atoms with E-state index in [4.69, 9.17) is 4.74 Å². The van der Waals surface area contributed by atoms with Crippen molar-refractivity contribution in [2.75, 3.05) is 19.8 Å². The summed E-state index contributed by atoms with van der Waals surface area (Å²) in [5.74, 6) is 0.506. The van der Waals surface area contributed by atoms with Crippen LogP contribution in [0.4, 0.5) is 8.78 Å². The highest BCUT2D eigenvalue weighted by atomic mass is 19.3. The molecule has 0 aromatic heterocycles. The van der Waals surface area contributed by atoms with Gasteiger partial charge in [-0.2, -0.15) is 0 Å². The molecule has 0 aromatic carbocycles. The Bertz CT molecular complexity index is 143. The van der Waals surface area contributed by atoms with E-state index in [9.17, 15) is 8.78 Å². The Kier molecular flexibility index (Phi) is 8.91. The van der Waals surface area contributed by atoms with E-state index >= 15 is 0 Å². The lowest BCUT2D eigenvalue weighted by Crippen LogP contribution is -2.35. The molecule has 0 aliphatic rings. The van der Waals surface area contributed by atoms with Gasteiger partial charge in [-0.3, -0.25) is 0 Å². The van der Waals surface area contributed by atoms with E-state index in [1.165, 1.54) is 0 Å². The lowest BCUT2D eigenvalue weighted by atomic mass is 10.0. The number of halogens is 2. The highest BCUT2D eigenvalue weighted by Gasteiger charge is 2.12. The summed E-state index contributed by atoms with van der Waals surface area (Å²) in [6.45, 7) is 7.29. The van der Waals surface area contributed by atoms with Gasteiger partial charge in [0.2, 0.25) is 0 Å². The van der Waals surface area contributed by atoms with Gasteiger partial charge >= 0.3 is 0 Å². The second-order valence-corrected chi connectivity index (χ2v) is 4.06. The second-order valence-electron chi connectivity index (χ2n) is 4.06. The molecule has 15 heavy (non-hydrogen) atoms. The molecule has 0 saturated heterocycles. The third kappa shape index (κ3) is 8.75. The van der Waals surface area contributed by atoms with E-state index in [2.05, 4.69) is 26.1 Å². The van der Waals surface area contributed by atoms with Gasteiger partial charge in [0.25, 0.3) is 6.43 Å². The molecule has 0 spiro atoms. The minimum Gasteiger partial charge on any atom is -0.375 e. The molecular formula is C11H23F2NO. The Hall–Kier alpha value is -0.220. The van der Waals surface area contributed by atoms with Crippen molar-refractivity contribution in [1.29, 1.82) is 0 Å². The molecule has 1 unspecified atom stereocenters. The Balaban J connectivity index is 3.57. The predicted octanol–water partition coefficient (Wildman–Crippen LogP) is 2.68. The largest absolute Gasteiger partial charge is 0.375 e. The average Bonchev–Trinajstić information content (AvgIpc) is 2.15. The third-order valence-electron chi connectivity index (χ3n) is 2.28. The molecule has 0 amide bonds. The van der Waals surface area contributed by atoms with Crippen LogP contribution < -0.4 is 5.32 Å². The molecule has 0 rings (SSSR count). The summed E-state index contributed by atoms with van der Waals surface area (Å²) in [6.07, 6.45) is -0.475. The first-order chi connectivity index (χ1) is 7.07. The number of rotatable bonds is 9. The lowest BCUT2D eigenvalue weighted by Gasteiger charge is -2.22. The van der Waals surface area contributed by atoms with Crippen LogP contribution in [0.3, 0.4) is 0 Å². The van der Waals surface area contributed by atoms with Crippen molar-refractivity contribution in [2.24, 2.45) is 5.92 Å². The number of alkyl halides is 2. The molecule has 1 atom stereocenters. The fraction of sp³-hybridized carbons (Fsp3) is 1.00. The van der Waals surface area contributed by atoms with Crippen molar-refractivity contribution >= 4 is 0 Å². The summed E-state index contributed by atoms with van der Waals surface area (Å²) >= 11 is 0. The molecule has 0 aliphatic carbocycles. The zero-order valence-electron chi connectivity index (χ0n) is 9.93. The molecular weight excluding hydrogens is 200 g/mol. The molecule has 0 heterocycles. The summed E-state index contributed by atoms with van der Waals surface area (Å²) in [5.41, 5.74) is 0. The van der Waals surface area contributed by atoms with Gasteiger partial charge in [-0.1, -0.05) is 20.8 Å². The van der Waals surface area contributed by atoms with E-state index in [1.54, 1.807) is 0 Å². The molecule has 0 bridgehead atoms. The highest BCUT2D eigenvalue weighted by Crippen LogP contribution is 2.06. The predicted molar refractivity (Wildman–Crippen MR) is 58.4 cm³/mol. The van der Waals surface area contributed by atoms with Crippen molar-refractivity contribution in [3.63, 3.8) is 0 Å². The van der Waals surface area contributed by atoms with Crippen LogP contribution in [0.2, 0.25) is 0 Å². The van der Waals surface area contributed by atoms with Crippen molar-refractivity contribution in [1.82, 2.24) is 5.32 Å². The third-order valence-corrected chi connectivity index (χ3v) is 2.28. The summed E-state index contributed by atoms with van der Waals surface area (Å²) in [7, 11) is 0. The van der Waals surface area contributed by atoms with E-state index in [0.717, 1.165) is 19.4 Å². The molecule has 0 radical (unpaired) electrons. The minimum absolute atomic E-state index is 0.364. The number of nitrogens with one attached hydrogen (secondary N) is 1. The van der Waals surface area contributed by atoms with Gasteiger partial charge in [-0.15, -0.1) is 0 Å². The minimum atomic E-state index is -2.36. The summed E-state index contributed by atoms with van der Waals surface area (Å²) in [4.78, 5) is 0. The van der Waals surface area contributed by atoms with Crippen LogP contribution >= 0.6 is 0 Å². The zero-order chi connectivity index (χ0) is 11.7. The smallest absolute Gasteiger partial charge is 0.261 e. The topological polar surface area (TPSA) is 21.3 Å². The molecule has 4 heteroatoms. The fourth-order valence-corrected chi connectivity index (χ4v) is 1.38. The second kappa shape index (κ2) is 9.04. The van der Waals surface area contributed by atoms with Gasteiger partial charge in [-0.25, -0.2) is 8.78 Å². The lowest BCUT2D eigenvalue weighted by molar-refractivity contribution is 0.0132. The standard InChI is InChI=1S/C11H23F2NO/c1-4-6-14-10(9(2)3)5-7-15-8-11(12)13/h9-11,14H,4-8H2,1-3H3. The Morgan fingerprint density at radius 3 is 2.40 bits per heavy atom. The van der Waals surface area contributed by atoms with E-state index < -0.39 is 13.0 Å². The van der Waals surface area contributed by atoms with Crippen LogP contribution in [0.15, 0.2) is 0 Å². The van der Waals surface area contributed by atoms with Crippen LogP contribution in [0.1, 0.15) is 33.6 Å². The summed E-state index contributed by atoms with van der Waals surface area (Å²) < 4.78 is 28.4. The van der Waals surface area contributed by atoms with Crippen molar-refractivity contribution in [3.05, 3.63) is 0 Å². The molecule has 0 aliphatic heterocycles. The maximum Gasteiger partial charge on any atom is 0.261 e. The average molecular weight is 223 g/mol. The van der Waals surface area contributed by atoms with Crippen LogP contribution in [0.25, 0.3) is 0 Å². The fourth-order valence-electron chi connectivity index (χ4n) is 1.38. The maximum absolute atomic E-state index is 11.8. The molecule has 1 N–H and O–H groups in total. The van der Waals surface area contributed by atoms with Gasteiger partial charge < -0.3 is 10.1 Å². The van der Waals surface area contributed by atoms with Gasteiger partial charge in [0, 0.05) is 12.6 Å². The number of hydrogen-bond donors (Lipinski definition) is 1. The Morgan fingerprint density at radius 1 is 1.27 bits per heavy atom. The molecule has 0 aromatic rings. The van der Waals surface area contributed by atoms with Gasteiger partial charge in [0.05, 0.1) is 0 Å². The molecule has 92 valence electrons. The highest BCUT2D eigenvalue weighted by molar-refractivity contribution is 4.69. The first-order valence-electron chi connectivity index (χ1n) is 5.67. The molecule has 0 saturated carbocycles. The molecule has 0 fully saturated rings. The van der Waals surface area contributed by atoms with Crippen molar-refractivity contribution in [2.45, 2.75) is 46.1 Å². The SMILES string of the molecule is CCCNC(CCOCC(F)F)C(C)C. The van der Waals surface area contributed by atoms with E-state index in [1.807, 2.05) is 0 Å². The van der Waals surface area contributed by atoms with Crippen LogP contribution in [-0.2, 0) is 4.74 Å². The van der Waals surface area contributed by atoms with Crippen LogP contribution in [-0.4, -0.2) is 32.2 Å². The number of ether oxygens (including phenoxy) is 1. The van der Waals surface area contributed by atoms with E-state index in [0.29, 0.717) is 18.6 Å². The summed E-state index contributed by atoms with van der Waals surface area (Å²) in [5, 5.41) is 3.39. The van der Waals surface area contributed by atoms with Gasteiger partial charge in [-0.05, 0) is 25.3 Å². The zero-order valence-corrected chi connectivity index (χ0v) is 9.93. The van der Waals surface area contributed by atoms with Crippen molar-refractivity contribution < 1.29 is 13.5 Å².